The number of carbonyl (C=O) groups is 1. The van der Waals surface area contributed by atoms with Gasteiger partial charge in [-0.3, -0.25) is 0 Å². The molecule has 0 saturated carbocycles. The van der Waals surface area contributed by atoms with Gasteiger partial charge in [-0.25, -0.2) is 4.79 Å². The van der Waals surface area contributed by atoms with Crippen molar-refractivity contribution in [3.05, 3.63) is 48.0 Å². The summed E-state index contributed by atoms with van der Waals surface area (Å²) in [6, 6.07) is 14.9. The number of carbonyl (C=O) groups excluding carboxylic acids is 1. The molecule has 104 valence electrons. The van der Waals surface area contributed by atoms with Crippen LogP contribution in [0.15, 0.2) is 42.5 Å². The van der Waals surface area contributed by atoms with Crippen molar-refractivity contribution in [2.45, 2.75) is 6.04 Å². The molecule has 2 aromatic carbocycles. The van der Waals surface area contributed by atoms with Gasteiger partial charge >= 0.3 is 6.03 Å². The quantitative estimate of drug-likeness (QED) is 0.928. The molecule has 0 bridgehead atoms. The number of nitrogens with two attached hydrogens (primary N) is 1. The summed E-state index contributed by atoms with van der Waals surface area (Å²) >= 11 is 0. The fraction of sp³-hybridized carbons (Fsp3) is 0.312. The first-order valence-corrected chi connectivity index (χ1v) is 6.91. The van der Waals surface area contributed by atoms with Gasteiger partial charge in [-0.15, -0.1) is 0 Å². The molecule has 0 radical (unpaired) electrons. The van der Waals surface area contributed by atoms with Crippen molar-refractivity contribution in [3.63, 3.8) is 0 Å². The van der Waals surface area contributed by atoms with Crippen LogP contribution in [0.5, 0.6) is 0 Å². The van der Waals surface area contributed by atoms with E-state index >= 15 is 0 Å². The van der Waals surface area contributed by atoms with Gasteiger partial charge in [0.1, 0.15) is 0 Å². The minimum Gasteiger partial charge on any atom is -0.329 e. The molecule has 1 fully saturated rings. The molecular formula is C16H19N3O. The normalized spacial score (nSPS) is 19.1. The van der Waals surface area contributed by atoms with Crippen LogP contribution in [0, 0.1) is 0 Å². The second-order valence-electron chi connectivity index (χ2n) is 5.25. The first-order valence-electron chi connectivity index (χ1n) is 6.91. The monoisotopic (exact) mass is 269 g/mol. The highest BCUT2D eigenvalue weighted by atomic mass is 16.2. The van der Waals surface area contributed by atoms with Crippen LogP contribution in [0.2, 0.25) is 0 Å². The Balaban J connectivity index is 1.92. The van der Waals surface area contributed by atoms with E-state index < -0.39 is 0 Å². The number of likely N-dealkylation sites (N-methyl/N-ethyl adjacent to an activating group) is 1. The third kappa shape index (κ3) is 2.12. The molecule has 2 N–H and O–H groups in total. The van der Waals surface area contributed by atoms with Gasteiger partial charge < -0.3 is 15.5 Å². The number of fused-ring (bicyclic) bond motifs is 1. The van der Waals surface area contributed by atoms with E-state index in [1.54, 1.807) is 4.90 Å². The summed E-state index contributed by atoms with van der Waals surface area (Å²) in [5.41, 5.74) is 6.74. The molecule has 2 aromatic rings. The largest absolute Gasteiger partial charge is 0.329 e. The van der Waals surface area contributed by atoms with E-state index in [1.807, 2.05) is 24.1 Å². The van der Waals surface area contributed by atoms with Gasteiger partial charge in [0.15, 0.2) is 0 Å². The van der Waals surface area contributed by atoms with Crippen LogP contribution in [-0.2, 0) is 0 Å². The zero-order valence-electron chi connectivity index (χ0n) is 11.6. The van der Waals surface area contributed by atoms with E-state index in [4.69, 9.17) is 5.73 Å². The molecule has 1 saturated heterocycles. The predicted molar refractivity (Wildman–Crippen MR) is 80.5 cm³/mol. The van der Waals surface area contributed by atoms with Crippen molar-refractivity contribution in [2.24, 2.45) is 5.73 Å². The van der Waals surface area contributed by atoms with Gasteiger partial charge in [-0.2, -0.15) is 0 Å². The summed E-state index contributed by atoms with van der Waals surface area (Å²) in [6.07, 6.45) is 0. The lowest BCUT2D eigenvalue weighted by Crippen LogP contribution is -2.33. The molecule has 4 heteroatoms. The van der Waals surface area contributed by atoms with E-state index in [2.05, 4.69) is 30.3 Å². The minimum absolute atomic E-state index is 0.0635. The van der Waals surface area contributed by atoms with Crippen LogP contribution in [0.1, 0.15) is 11.6 Å². The highest BCUT2D eigenvalue weighted by Gasteiger charge is 2.34. The summed E-state index contributed by atoms with van der Waals surface area (Å²) in [5, 5.41) is 2.44. The van der Waals surface area contributed by atoms with E-state index in [-0.39, 0.29) is 12.1 Å². The summed E-state index contributed by atoms with van der Waals surface area (Å²) in [7, 11) is 1.86. The smallest absolute Gasteiger partial charge is 0.320 e. The molecule has 4 nitrogen and oxygen atoms in total. The molecule has 1 heterocycles. The minimum atomic E-state index is 0.0635. The van der Waals surface area contributed by atoms with Crippen molar-refractivity contribution < 1.29 is 4.79 Å². The highest BCUT2D eigenvalue weighted by molar-refractivity contribution is 5.84. The van der Waals surface area contributed by atoms with E-state index in [9.17, 15) is 4.79 Å². The van der Waals surface area contributed by atoms with Crippen LogP contribution >= 0.6 is 0 Å². The number of nitrogens with zero attached hydrogens (tertiary/aromatic N) is 2. The van der Waals surface area contributed by atoms with E-state index in [0.29, 0.717) is 19.6 Å². The van der Waals surface area contributed by atoms with Crippen molar-refractivity contribution in [2.75, 3.05) is 26.7 Å². The maximum atomic E-state index is 12.1. The van der Waals surface area contributed by atoms with Crippen LogP contribution in [-0.4, -0.2) is 42.5 Å². The van der Waals surface area contributed by atoms with Gasteiger partial charge in [-0.05, 0) is 22.4 Å². The topological polar surface area (TPSA) is 49.6 Å². The highest BCUT2D eigenvalue weighted by Crippen LogP contribution is 2.29. The van der Waals surface area contributed by atoms with Crippen LogP contribution < -0.4 is 5.73 Å². The number of amides is 2. The Kier molecular flexibility index (Phi) is 3.32. The average molecular weight is 269 g/mol. The molecule has 1 atom stereocenters. The fourth-order valence-electron chi connectivity index (χ4n) is 2.85. The van der Waals surface area contributed by atoms with Gasteiger partial charge in [0, 0.05) is 26.7 Å². The number of rotatable bonds is 3. The molecule has 0 aromatic heterocycles. The van der Waals surface area contributed by atoms with Crippen LogP contribution in [0.4, 0.5) is 4.79 Å². The Labute approximate surface area is 118 Å². The van der Waals surface area contributed by atoms with Crippen molar-refractivity contribution in [1.29, 1.82) is 0 Å². The van der Waals surface area contributed by atoms with E-state index in [1.165, 1.54) is 16.3 Å². The summed E-state index contributed by atoms with van der Waals surface area (Å²) < 4.78 is 0. The second-order valence-corrected chi connectivity index (χ2v) is 5.25. The summed E-state index contributed by atoms with van der Waals surface area (Å²) in [6.45, 7) is 1.84. The van der Waals surface area contributed by atoms with Crippen LogP contribution in [0.3, 0.4) is 0 Å². The third-order valence-electron chi connectivity index (χ3n) is 3.99. The zero-order chi connectivity index (χ0) is 14.1. The number of hydrogen-bond donors (Lipinski definition) is 1. The Hall–Kier alpha value is -2.07. The summed E-state index contributed by atoms with van der Waals surface area (Å²) in [5.74, 6) is 0. The molecular weight excluding hydrogens is 250 g/mol. The SMILES string of the molecule is CN1C(=O)N(CCN)CC1c1ccc2ccccc2c1. The van der Waals surface area contributed by atoms with E-state index in [0.717, 1.165) is 0 Å². The molecule has 1 unspecified atom stereocenters. The maximum Gasteiger partial charge on any atom is 0.320 e. The number of hydrogen-bond acceptors (Lipinski definition) is 2. The summed E-state index contributed by atoms with van der Waals surface area (Å²) in [4.78, 5) is 15.8. The first-order chi connectivity index (χ1) is 9.70. The number of benzene rings is 2. The third-order valence-corrected chi connectivity index (χ3v) is 3.99. The lowest BCUT2D eigenvalue weighted by molar-refractivity contribution is 0.196. The molecule has 3 rings (SSSR count). The lowest BCUT2D eigenvalue weighted by Gasteiger charge is -2.18. The fourth-order valence-corrected chi connectivity index (χ4v) is 2.85. The Morgan fingerprint density at radius 3 is 2.70 bits per heavy atom. The molecule has 1 aliphatic heterocycles. The lowest BCUT2D eigenvalue weighted by atomic mass is 10.0. The van der Waals surface area contributed by atoms with Crippen molar-refractivity contribution in [3.8, 4) is 0 Å². The molecule has 1 aliphatic rings. The maximum absolute atomic E-state index is 12.1. The number of urea groups is 1. The Bertz CT molecular complexity index is 640. The van der Waals surface area contributed by atoms with Crippen LogP contribution in [0.25, 0.3) is 10.8 Å². The predicted octanol–water partition coefficient (Wildman–Crippen LogP) is 2.21. The van der Waals surface area contributed by atoms with Gasteiger partial charge in [0.05, 0.1) is 6.04 Å². The standard InChI is InChI=1S/C16H19N3O/c1-18-15(11-19(9-8-17)16(18)20)14-7-6-12-4-2-3-5-13(12)10-14/h2-7,10,15H,8-9,11,17H2,1H3. The molecule has 0 spiro atoms. The van der Waals surface area contributed by atoms with Crippen molar-refractivity contribution in [1.82, 2.24) is 9.80 Å². The van der Waals surface area contributed by atoms with Crippen molar-refractivity contribution >= 4 is 16.8 Å². The zero-order valence-corrected chi connectivity index (χ0v) is 11.6. The molecule has 0 aliphatic carbocycles. The van der Waals surface area contributed by atoms with Gasteiger partial charge in [0.25, 0.3) is 0 Å². The average Bonchev–Trinajstić information content (AvgIpc) is 2.76. The van der Waals surface area contributed by atoms with Gasteiger partial charge in [0.2, 0.25) is 0 Å². The molecule has 2 amide bonds. The van der Waals surface area contributed by atoms with Gasteiger partial charge in [-0.1, -0.05) is 36.4 Å². The second kappa shape index (κ2) is 5.13. The Morgan fingerprint density at radius 1 is 1.20 bits per heavy atom. The first kappa shape index (κ1) is 12.9. The Morgan fingerprint density at radius 2 is 1.95 bits per heavy atom. The molecule has 20 heavy (non-hydrogen) atoms.